The Labute approximate surface area is 113 Å². The predicted molar refractivity (Wildman–Crippen MR) is 73.9 cm³/mol. The van der Waals surface area contributed by atoms with E-state index in [4.69, 9.17) is 14.6 Å². The average Bonchev–Trinajstić information content (AvgIpc) is 2.42. The first-order valence-electron chi connectivity index (χ1n) is 6.25. The third-order valence-corrected chi connectivity index (χ3v) is 2.73. The molecule has 0 radical (unpaired) electrons. The van der Waals surface area contributed by atoms with E-state index >= 15 is 0 Å². The predicted octanol–water partition coefficient (Wildman–Crippen LogP) is 3.06. The molecule has 0 aromatic heterocycles. The Kier molecular flexibility index (Phi) is 6.50. The molecule has 19 heavy (non-hydrogen) atoms. The lowest BCUT2D eigenvalue weighted by Crippen LogP contribution is -1.93. The average molecular weight is 264 g/mol. The number of benzene rings is 1. The van der Waals surface area contributed by atoms with E-state index in [1.54, 1.807) is 14.2 Å². The summed E-state index contributed by atoms with van der Waals surface area (Å²) >= 11 is 0. The summed E-state index contributed by atoms with van der Waals surface area (Å²) in [6, 6.07) is 5.82. The van der Waals surface area contributed by atoms with E-state index in [1.165, 1.54) is 0 Å². The zero-order valence-corrected chi connectivity index (χ0v) is 11.4. The number of ether oxygens (including phenoxy) is 2. The number of carbonyl (C=O) groups is 1. The van der Waals surface area contributed by atoms with Crippen LogP contribution in [0.4, 0.5) is 0 Å². The number of aliphatic carboxylic acids is 1. The molecule has 4 nitrogen and oxygen atoms in total. The summed E-state index contributed by atoms with van der Waals surface area (Å²) in [4.78, 5) is 10.3. The lowest BCUT2D eigenvalue weighted by atomic mass is 10.1. The lowest BCUT2D eigenvalue weighted by Gasteiger charge is -2.08. The van der Waals surface area contributed by atoms with Gasteiger partial charge in [-0.1, -0.05) is 18.2 Å². The van der Waals surface area contributed by atoms with Crippen molar-refractivity contribution in [3.8, 4) is 11.5 Å². The van der Waals surface area contributed by atoms with Crippen LogP contribution in [0.15, 0.2) is 30.4 Å². The number of rotatable bonds is 8. The summed E-state index contributed by atoms with van der Waals surface area (Å²) < 4.78 is 10.4. The molecule has 0 saturated heterocycles. The van der Waals surface area contributed by atoms with Crippen LogP contribution in [0.3, 0.4) is 0 Å². The SMILES string of the molecule is COc1ccc(C/C=C\CCCC(=O)O)cc1OC. The lowest BCUT2D eigenvalue weighted by molar-refractivity contribution is -0.137. The zero-order valence-electron chi connectivity index (χ0n) is 11.4. The molecule has 1 N–H and O–H groups in total. The van der Waals surface area contributed by atoms with Crippen molar-refractivity contribution in [2.75, 3.05) is 14.2 Å². The molecular weight excluding hydrogens is 244 g/mol. The number of hydrogen-bond donors (Lipinski definition) is 1. The molecule has 0 saturated carbocycles. The molecule has 0 atom stereocenters. The Hall–Kier alpha value is -1.97. The molecule has 1 rings (SSSR count). The van der Waals surface area contributed by atoms with Crippen molar-refractivity contribution in [1.29, 1.82) is 0 Å². The third kappa shape index (κ3) is 5.46. The molecule has 4 heteroatoms. The molecule has 0 amide bonds. The van der Waals surface area contributed by atoms with Crippen LogP contribution in [-0.4, -0.2) is 25.3 Å². The number of methoxy groups -OCH3 is 2. The summed E-state index contributed by atoms with van der Waals surface area (Å²) in [6.45, 7) is 0. The van der Waals surface area contributed by atoms with Crippen LogP contribution in [-0.2, 0) is 11.2 Å². The minimum absolute atomic E-state index is 0.223. The Morgan fingerprint density at radius 2 is 1.95 bits per heavy atom. The van der Waals surface area contributed by atoms with Gasteiger partial charge in [0.2, 0.25) is 0 Å². The highest BCUT2D eigenvalue weighted by Gasteiger charge is 2.03. The molecule has 104 valence electrons. The van der Waals surface area contributed by atoms with Gasteiger partial charge in [-0.3, -0.25) is 4.79 Å². The van der Waals surface area contributed by atoms with Gasteiger partial charge in [0, 0.05) is 6.42 Å². The van der Waals surface area contributed by atoms with Crippen molar-refractivity contribution in [2.24, 2.45) is 0 Å². The normalized spacial score (nSPS) is 10.6. The highest BCUT2D eigenvalue weighted by Crippen LogP contribution is 2.27. The zero-order chi connectivity index (χ0) is 14.1. The maximum absolute atomic E-state index is 10.3. The van der Waals surface area contributed by atoms with Gasteiger partial charge < -0.3 is 14.6 Å². The highest BCUT2D eigenvalue weighted by molar-refractivity contribution is 5.66. The van der Waals surface area contributed by atoms with Crippen molar-refractivity contribution in [3.63, 3.8) is 0 Å². The van der Waals surface area contributed by atoms with E-state index in [0.29, 0.717) is 6.42 Å². The standard InChI is InChI=1S/C15H20O4/c1-18-13-10-9-12(11-14(13)19-2)7-5-3-4-6-8-15(16)17/h3,5,9-11H,4,6-8H2,1-2H3,(H,16,17)/b5-3-. The van der Waals surface area contributed by atoms with Gasteiger partial charge in [0.05, 0.1) is 14.2 Å². The Morgan fingerprint density at radius 3 is 2.58 bits per heavy atom. The fourth-order valence-electron chi connectivity index (χ4n) is 1.72. The van der Waals surface area contributed by atoms with Gasteiger partial charge in [-0.2, -0.15) is 0 Å². The maximum Gasteiger partial charge on any atom is 0.303 e. The van der Waals surface area contributed by atoms with E-state index in [1.807, 2.05) is 30.4 Å². The smallest absolute Gasteiger partial charge is 0.303 e. The summed E-state index contributed by atoms with van der Waals surface area (Å²) in [5.41, 5.74) is 1.13. The Bertz CT molecular complexity index is 438. The Morgan fingerprint density at radius 1 is 1.21 bits per heavy atom. The van der Waals surface area contributed by atoms with E-state index in [2.05, 4.69) is 0 Å². The van der Waals surface area contributed by atoms with Crippen molar-refractivity contribution >= 4 is 5.97 Å². The minimum Gasteiger partial charge on any atom is -0.493 e. The first-order chi connectivity index (χ1) is 9.17. The molecule has 0 spiro atoms. The molecule has 0 aliphatic heterocycles. The van der Waals surface area contributed by atoms with Crippen LogP contribution in [0.2, 0.25) is 0 Å². The van der Waals surface area contributed by atoms with Crippen LogP contribution < -0.4 is 9.47 Å². The summed E-state index contributed by atoms with van der Waals surface area (Å²) in [7, 11) is 3.23. The summed E-state index contributed by atoms with van der Waals surface area (Å²) in [5, 5.41) is 8.51. The second-order valence-electron chi connectivity index (χ2n) is 4.15. The molecule has 0 fully saturated rings. The fourth-order valence-corrected chi connectivity index (χ4v) is 1.72. The second kappa shape index (κ2) is 8.19. The summed E-state index contributed by atoms with van der Waals surface area (Å²) in [6.07, 6.45) is 6.55. The van der Waals surface area contributed by atoms with Gasteiger partial charge in [-0.15, -0.1) is 0 Å². The van der Waals surface area contributed by atoms with Gasteiger partial charge in [0.1, 0.15) is 0 Å². The molecule has 0 heterocycles. The van der Waals surface area contributed by atoms with Crippen LogP contribution in [0, 0.1) is 0 Å². The minimum atomic E-state index is -0.742. The molecule has 1 aromatic carbocycles. The largest absolute Gasteiger partial charge is 0.493 e. The van der Waals surface area contributed by atoms with Gasteiger partial charge in [0.25, 0.3) is 0 Å². The van der Waals surface area contributed by atoms with E-state index < -0.39 is 5.97 Å². The first kappa shape index (κ1) is 15.1. The second-order valence-corrected chi connectivity index (χ2v) is 4.15. The van der Waals surface area contributed by atoms with Crippen molar-refractivity contribution in [1.82, 2.24) is 0 Å². The van der Waals surface area contributed by atoms with Crippen LogP contribution in [0.5, 0.6) is 11.5 Å². The molecule has 0 aliphatic carbocycles. The quantitative estimate of drug-likeness (QED) is 0.579. The van der Waals surface area contributed by atoms with E-state index in [9.17, 15) is 4.79 Å². The Balaban J connectivity index is 2.44. The van der Waals surface area contributed by atoms with E-state index in [0.717, 1.165) is 29.9 Å². The number of hydrogen-bond acceptors (Lipinski definition) is 3. The van der Waals surface area contributed by atoms with Gasteiger partial charge in [-0.25, -0.2) is 0 Å². The van der Waals surface area contributed by atoms with Crippen molar-refractivity contribution < 1.29 is 19.4 Å². The van der Waals surface area contributed by atoms with Gasteiger partial charge in [0.15, 0.2) is 11.5 Å². The molecule has 0 unspecified atom stereocenters. The molecular formula is C15H20O4. The van der Waals surface area contributed by atoms with Crippen molar-refractivity contribution in [2.45, 2.75) is 25.7 Å². The topological polar surface area (TPSA) is 55.8 Å². The monoisotopic (exact) mass is 264 g/mol. The van der Waals surface area contributed by atoms with Crippen LogP contribution in [0.1, 0.15) is 24.8 Å². The number of carboxylic acid groups (broad SMARTS) is 1. The van der Waals surface area contributed by atoms with E-state index in [-0.39, 0.29) is 6.42 Å². The van der Waals surface area contributed by atoms with Gasteiger partial charge in [-0.05, 0) is 37.0 Å². The highest BCUT2D eigenvalue weighted by atomic mass is 16.5. The molecule has 1 aromatic rings. The van der Waals surface area contributed by atoms with Crippen LogP contribution in [0.25, 0.3) is 0 Å². The maximum atomic E-state index is 10.3. The third-order valence-electron chi connectivity index (χ3n) is 2.73. The molecule has 0 bridgehead atoms. The van der Waals surface area contributed by atoms with Crippen LogP contribution >= 0.6 is 0 Å². The van der Waals surface area contributed by atoms with Gasteiger partial charge >= 0.3 is 5.97 Å². The number of unbranched alkanes of at least 4 members (excludes halogenated alkanes) is 1. The fraction of sp³-hybridized carbons (Fsp3) is 0.400. The van der Waals surface area contributed by atoms with Crippen molar-refractivity contribution in [3.05, 3.63) is 35.9 Å². The first-order valence-corrected chi connectivity index (χ1v) is 6.25. The number of allylic oxidation sites excluding steroid dienone is 2. The number of carboxylic acids is 1. The summed E-state index contributed by atoms with van der Waals surface area (Å²) in [5.74, 6) is 0.698. The molecule has 0 aliphatic rings.